The maximum atomic E-state index is 3.93. The van der Waals surface area contributed by atoms with Crippen LogP contribution >= 0.6 is 0 Å². The molecular formula is C22H33Cl3SiTi. The van der Waals surface area contributed by atoms with Crippen molar-refractivity contribution in [2.75, 3.05) is 0 Å². The van der Waals surface area contributed by atoms with Crippen molar-refractivity contribution < 1.29 is 58.9 Å². The van der Waals surface area contributed by atoms with Crippen molar-refractivity contribution in [2.45, 2.75) is 78.9 Å². The number of allylic oxidation sites excluding steroid dienone is 4. The third-order valence-corrected chi connectivity index (χ3v) is 13.2. The van der Waals surface area contributed by atoms with Gasteiger partial charge in [-0.05, 0) is 19.4 Å². The van der Waals surface area contributed by atoms with E-state index in [-0.39, 0.29) is 64.0 Å². The van der Waals surface area contributed by atoms with Crippen LogP contribution in [0.25, 0.3) is 0 Å². The smallest absolute Gasteiger partial charge is 1.00 e. The first kappa shape index (κ1) is 32.2. The Hall–Kier alpha value is 0.501. The first-order valence-corrected chi connectivity index (χ1v) is 11.5. The minimum absolute atomic E-state index is 0. The van der Waals surface area contributed by atoms with Gasteiger partial charge in [0.25, 0.3) is 0 Å². The van der Waals surface area contributed by atoms with E-state index in [1.165, 1.54) is 28.7 Å². The third-order valence-electron chi connectivity index (χ3n) is 6.77. The normalized spacial score (nSPS) is 21.6. The van der Waals surface area contributed by atoms with E-state index in [1.807, 2.05) is 0 Å². The van der Waals surface area contributed by atoms with Crippen molar-refractivity contribution in [1.29, 1.82) is 0 Å². The average molecular weight is 480 g/mol. The van der Waals surface area contributed by atoms with Gasteiger partial charge in [0.15, 0.2) is 0 Å². The van der Waals surface area contributed by atoms with Crippen LogP contribution in [0.2, 0.25) is 17.1 Å². The van der Waals surface area contributed by atoms with Gasteiger partial charge < -0.3 is 37.2 Å². The van der Waals surface area contributed by atoms with E-state index in [0.717, 1.165) is 5.54 Å². The molecule has 27 heavy (non-hydrogen) atoms. The summed E-state index contributed by atoms with van der Waals surface area (Å²) in [5.41, 5.74) is 7.86. The second-order valence-electron chi connectivity index (χ2n) is 8.01. The van der Waals surface area contributed by atoms with Gasteiger partial charge in [0.05, 0.1) is 8.07 Å². The van der Waals surface area contributed by atoms with Crippen molar-refractivity contribution in [2.24, 2.45) is 0 Å². The first-order chi connectivity index (χ1) is 10.6. The van der Waals surface area contributed by atoms with Crippen molar-refractivity contribution >= 4 is 13.3 Å². The van der Waals surface area contributed by atoms with Crippen LogP contribution in [-0.2, 0) is 21.7 Å². The molecule has 0 fully saturated rings. The molecule has 3 unspecified atom stereocenters. The van der Waals surface area contributed by atoms with E-state index >= 15 is 0 Å². The van der Waals surface area contributed by atoms with Crippen molar-refractivity contribution in [3.63, 3.8) is 0 Å². The SMILES string of the molecule is CCC(C)[Si](C)(c1cc(C)cc(C)c1)C1(C)[C-]=C(C)C(C)=C1C.[Cl-].[Cl-].[Cl-].[Ti+4]. The number of benzene rings is 1. The van der Waals surface area contributed by atoms with Gasteiger partial charge in [-0.15, -0.1) is 6.92 Å². The van der Waals surface area contributed by atoms with Gasteiger partial charge in [0, 0.05) is 0 Å². The molecule has 0 aromatic heterocycles. The molecule has 0 saturated heterocycles. The number of hydrogen-bond acceptors (Lipinski definition) is 0. The van der Waals surface area contributed by atoms with Crippen LogP contribution in [0.15, 0.2) is 34.9 Å². The van der Waals surface area contributed by atoms with Gasteiger partial charge in [0.1, 0.15) is 0 Å². The molecule has 0 saturated carbocycles. The third kappa shape index (κ3) is 5.36. The molecule has 1 aliphatic carbocycles. The van der Waals surface area contributed by atoms with Crippen LogP contribution in [0.4, 0.5) is 0 Å². The Bertz CT molecular complexity index is 679. The number of aryl methyl sites for hydroxylation is 2. The van der Waals surface area contributed by atoms with Gasteiger partial charge in [-0.1, -0.05) is 87.1 Å². The quantitative estimate of drug-likeness (QED) is 0.325. The minimum atomic E-state index is -1.82. The fourth-order valence-electron chi connectivity index (χ4n) is 4.49. The molecule has 5 heteroatoms. The maximum Gasteiger partial charge on any atom is 4.00 e. The van der Waals surface area contributed by atoms with Gasteiger partial charge in [0.2, 0.25) is 0 Å². The second-order valence-corrected chi connectivity index (χ2v) is 13.0. The number of halogens is 3. The Kier molecular flexibility index (Phi) is 13.9. The molecule has 0 N–H and O–H groups in total. The predicted molar refractivity (Wildman–Crippen MR) is 106 cm³/mol. The molecule has 1 aromatic rings. The molecule has 2 rings (SSSR count). The molecule has 0 radical (unpaired) electrons. The molecule has 0 bridgehead atoms. The Labute approximate surface area is 202 Å². The molecule has 0 spiro atoms. The van der Waals surface area contributed by atoms with Crippen LogP contribution in [0.5, 0.6) is 0 Å². The summed E-state index contributed by atoms with van der Waals surface area (Å²) in [7, 11) is -1.82. The Morgan fingerprint density at radius 2 is 1.41 bits per heavy atom. The van der Waals surface area contributed by atoms with Crippen molar-refractivity contribution in [3.05, 3.63) is 52.1 Å². The minimum Gasteiger partial charge on any atom is -1.00 e. The molecule has 150 valence electrons. The van der Waals surface area contributed by atoms with E-state index < -0.39 is 8.07 Å². The average Bonchev–Trinajstić information content (AvgIpc) is 2.69. The Balaban J connectivity index is -0.00000144. The second kappa shape index (κ2) is 11.6. The Morgan fingerprint density at radius 1 is 0.963 bits per heavy atom. The number of rotatable bonds is 4. The monoisotopic (exact) mass is 478 g/mol. The van der Waals surface area contributed by atoms with Crippen LogP contribution in [0.1, 0.15) is 59.1 Å². The van der Waals surface area contributed by atoms with Crippen LogP contribution in [0.3, 0.4) is 0 Å². The van der Waals surface area contributed by atoms with E-state index in [2.05, 4.69) is 86.2 Å². The topological polar surface area (TPSA) is 0 Å². The zero-order valence-electron chi connectivity index (χ0n) is 18.2. The van der Waals surface area contributed by atoms with E-state index in [1.54, 1.807) is 10.8 Å². The van der Waals surface area contributed by atoms with Crippen LogP contribution in [0, 0.1) is 19.9 Å². The summed E-state index contributed by atoms with van der Waals surface area (Å²) in [4.78, 5) is 0. The molecule has 0 nitrogen and oxygen atoms in total. The molecule has 0 aliphatic heterocycles. The fraction of sp³-hybridized carbons (Fsp3) is 0.545. The first-order valence-electron chi connectivity index (χ1n) is 8.96. The maximum absolute atomic E-state index is 3.93. The summed E-state index contributed by atoms with van der Waals surface area (Å²) in [5, 5.41) is 1.69. The molecule has 1 aromatic carbocycles. The molecular weight excluding hydrogens is 447 g/mol. The largest absolute Gasteiger partial charge is 4.00 e. The summed E-state index contributed by atoms with van der Waals surface area (Å²) in [5.74, 6) is 0. The van der Waals surface area contributed by atoms with E-state index in [9.17, 15) is 0 Å². The number of hydrogen-bond donors (Lipinski definition) is 0. The van der Waals surface area contributed by atoms with E-state index in [4.69, 9.17) is 0 Å². The van der Waals surface area contributed by atoms with Crippen molar-refractivity contribution in [1.82, 2.24) is 0 Å². The summed E-state index contributed by atoms with van der Waals surface area (Å²) in [6, 6.07) is 7.20. The van der Waals surface area contributed by atoms with Crippen LogP contribution in [-0.4, -0.2) is 8.07 Å². The van der Waals surface area contributed by atoms with Gasteiger partial charge in [-0.3, -0.25) is 6.08 Å². The zero-order chi connectivity index (χ0) is 17.6. The molecule has 0 heterocycles. The molecule has 3 atom stereocenters. The summed E-state index contributed by atoms with van der Waals surface area (Å²) in [6.07, 6.45) is 5.16. The predicted octanol–water partition coefficient (Wildman–Crippen LogP) is -2.74. The fourth-order valence-corrected chi connectivity index (χ4v) is 9.90. The van der Waals surface area contributed by atoms with Crippen LogP contribution < -0.4 is 42.4 Å². The summed E-state index contributed by atoms with van der Waals surface area (Å²) in [6.45, 7) is 21.2. The summed E-state index contributed by atoms with van der Waals surface area (Å²) >= 11 is 0. The Morgan fingerprint density at radius 3 is 1.74 bits per heavy atom. The molecule has 0 amide bonds. The molecule has 1 aliphatic rings. The van der Waals surface area contributed by atoms with Gasteiger partial charge in [-0.2, -0.15) is 11.1 Å². The zero-order valence-corrected chi connectivity index (χ0v) is 23.0. The van der Waals surface area contributed by atoms with Gasteiger partial charge in [-0.25, -0.2) is 5.57 Å². The van der Waals surface area contributed by atoms with E-state index in [0.29, 0.717) is 0 Å². The van der Waals surface area contributed by atoms with Crippen molar-refractivity contribution in [3.8, 4) is 0 Å². The standard InChI is InChI=1S/C22H33Si.3ClH.Ti/c1-10-18(5)23(9,21-12-15(2)11-16(3)13-21)22(8)14-17(4)19(6)20(22)7;;;;/h11-13,18H,10H2,1-9H3;3*1H;/q-1;;;;+4/p-3. The summed E-state index contributed by atoms with van der Waals surface area (Å²) < 4.78 is 0. The van der Waals surface area contributed by atoms with Gasteiger partial charge >= 0.3 is 21.7 Å².